The van der Waals surface area contributed by atoms with E-state index in [0.29, 0.717) is 32.7 Å². The molecule has 1 aliphatic rings. The molecule has 0 spiro atoms. The number of benzene rings is 1. The summed E-state index contributed by atoms with van der Waals surface area (Å²) in [7, 11) is 1.64. The summed E-state index contributed by atoms with van der Waals surface area (Å²) in [5, 5.41) is 2.65. The molecule has 3 rings (SSSR count). The minimum atomic E-state index is -0.577. The number of methoxy groups -OCH3 is 1. The highest BCUT2D eigenvalue weighted by atomic mass is 16.5. The Hall–Kier alpha value is -3.09. The lowest BCUT2D eigenvalue weighted by atomic mass is 10.2. The van der Waals surface area contributed by atoms with E-state index in [1.807, 2.05) is 30.3 Å². The van der Waals surface area contributed by atoms with Crippen LogP contribution in [0.15, 0.2) is 48.8 Å². The third kappa shape index (κ3) is 4.30. The van der Waals surface area contributed by atoms with Gasteiger partial charge in [-0.2, -0.15) is 0 Å². The molecule has 2 heterocycles. The summed E-state index contributed by atoms with van der Waals surface area (Å²) in [5.41, 5.74) is 1.94. The first kappa shape index (κ1) is 17.7. The molecule has 1 N–H and O–H groups in total. The topological polar surface area (TPSA) is 74.8 Å². The van der Waals surface area contributed by atoms with Crippen molar-refractivity contribution in [2.75, 3.05) is 38.2 Å². The number of aromatic nitrogens is 1. The van der Waals surface area contributed by atoms with Gasteiger partial charge in [0.05, 0.1) is 7.11 Å². The summed E-state index contributed by atoms with van der Waals surface area (Å²) < 4.78 is 5.17. The smallest absolute Gasteiger partial charge is 0.312 e. The Kier molecular flexibility index (Phi) is 5.68. The van der Waals surface area contributed by atoms with Crippen molar-refractivity contribution in [1.82, 2.24) is 15.2 Å². The van der Waals surface area contributed by atoms with Gasteiger partial charge in [-0.3, -0.25) is 14.6 Å². The number of nitrogens with zero attached hydrogens (tertiary/aromatic N) is 3. The van der Waals surface area contributed by atoms with Gasteiger partial charge in [0.15, 0.2) is 0 Å². The highest BCUT2D eigenvalue weighted by molar-refractivity contribution is 6.35. The van der Waals surface area contributed by atoms with Crippen LogP contribution in [0.4, 0.5) is 5.69 Å². The molecular formula is C19H22N4O3. The number of hydrogen-bond acceptors (Lipinski definition) is 5. The Morgan fingerprint density at radius 1 is 1.12 bits per heavy atom. The van der Waals surface area contributed by atoms with Gasteiger partial charge in [0.25, 0.3) is 0 Å². The van der Waals surface area contributed by atoms with E-state index in [4.69, 9.17) is 4.74 Å². The number of anilines is 1. The molecule has 0 saturated carbocycles. The van der Waals surface area contributed by atoms with Crippen molar-refractivity contribution in [1.29, 1.82) is 0 Å². The molecule has 7 nitrogen and oxygen atoms in total. The molecular weight excluding hydrogens is 332 g/mol. The standard InChI is InChI=1S/C19H22N4O3/c1-26-17-6-4-16(5-7-17)22-9-11-23(12-10-22)19(25)18(24)21-14-15-3-2-8-20-13-15/h2-8,13H,9-12,14H2,1H3,(H,21,24). The van der Waals surface area contributed by atoms with Crippen LogP contribution in [-0.4, -0.2) is 55.0 Å². The molecule has 0 bridgehead atoms. The maximum Gasteiger partial charge on any atom is 0.312 e. The van der Waals surface area contributed by atoms with Crippen molar-refractivity contribution >= 4 is 17.5 Å². The second-order valence-electron chi connectivity index (χ2n) is 6.02. The first-order valence-corrected chi connectivity index (χ1v) is 8.52. The number of ether oxygens (including phenoxy) is 1. The summed E-state index contributed by atoms with van der Waals surface area (Å²) in [6, 6.07) is 11.5. The van der Waals surface area contributed by atoms with Crippen molar-refractivity contribution in [3.8, 4) is 5.75 Å². The fourth-order valence-electron chi connectivity index (χ4n) is 2.87. The minimum Gasteiger partial charge on any atom is -0.497 e. The molecule has 2 aromatic rings. The number of pyridine rings is 1. The quantitative estimate of drug-likeness (QED) is 0.831. The van der Waals surface area contributed by atoms with Gasteiger partial charge in [-0.15, -0.1) is 0 Å². The number of nitrogens with one attached hydrogen (secondary N) is 1. The summed E-state index contributed by atoms with van der Waals surface area (Å²) in [6.45, 7) is 2.71. The second kappa shape index (κ2) is 8.33. The van der Waals surface area contributed by atoms with Crippen LogP contribution in [0.25, 0.3) is 0 Å². The maximum atomic E-state index is 12.3. The van der Waals surface area contributed by atoms with Crippen molar-refractivity contribution in [3.05, 3.63) is 54.4 Å². The van der Waals surface area contributed by atoms with Crippen molar-refractivity contribution < 1.29 is 14.3 Å². The molecule has 26 heavy (non-hydrogen) atoms. The van der Waals surface area contributed by atoms with Gasteiger partial charge in [0.2, 0.25) is 0 Å². The molecule has 1 aromatic carbocycles. The summed E-state index contributed by atoms with van der Waals surface area (Å²) in [5.74, 6) is -0.247. The SMILES string of the molecule is COc1ccc(N2CCN(C(=O)C(=O)NCc3cccnc3)CC2)cc1. The third-order valence-electron chi connectivity index (χ3n) is 4.37. The molecule has 0 unspecified atom stereocenters. The average Bonchev–Trinajstić information content (AvgIpc) is 2.72. The van der Waals surface area contributed by atoms with Crippen molar-refractivity contribution in [2.24, 2.45) is 0 Å². The van der Waals surface area contributed by atoms with Gasteiger partial charge >= 0.3 is 11.8 Å². The average molecular weight is 354 g/mol. The predicted molar refractivity (Wildman–Crippen MR) is 97.9 cm³/mol. The Morgan fingerprint density at radius 3 is 2.46 bits per heavy atom. The highest BCUT2D eigenvalue weighted by Crippen LogP contribution is 2.20. The van der Waals surface area contributed by atoms with E-state index in [2.05, 4.69) is 15.2 Å². The van der Waals surface area contributed by atoms with Crippen LogP contribution in [0, 0.1) is 0 Å². The summed E-state index contributed by atoms with van der Waals surface area (Å²) in [6.07, 6.45) is 3.33. The van der Waals surface area contributed by atoms with E-state index >= 15 is 0 Å². The number of rotatable bonds is 4. The third-order valence-corrected chi connectivity index (χ3v) is 4.37. The lowest BCUT2D eigenvalue weighted by Crippen LogP contribution is -2.52. The van der Waals surface area contributed by atoms with Gasteiger partial charge in [0.1, 0.15) is 5.75 Å². The van der Waals surface area contributed by atoms with Crippen LogP contribution < -0.4 is 15.0 Å². The zero-order chi connectivity index (χ0) is 18.4. The lowest BCUT2D eigenvalue weighted by Gasteiger charge is -2.35. The first-order valence-electron chi connectivity index (χ1n) is 8.52. The molecule has 136 valence electrons. The zero-order valence-electron chi connectivity index (χ0n) is 14.7. The number of carbonyl (C=O) groups is 2. The molecule has 1 saturated heterocycles. The molecule has 0 radical (unpaired) electrons. The molecule has 2 amide bonds. The Morgan fingerprint density at radius 2 is 1.85 bits per heavy atom. The Bertz CT molecular complexity index is 741. The highest BCUT2D eigenvalue weighted by Gasteiger charge is 2.25. The first-order chi connectivity index (χ1) is 12.7. The minimum absolute atomic E-state index is 0.296. The van der Waals surface area contributed by atoms with E-state index in [9.17, 15) is 9.59 Å². The van der Waals surface area contributed by atoms with Crippen LogP contribution in [-0.2, 0) is 16.1 Å². The predicted octanol–water partition coefficient (Wildman–Crippen LogP) is 1.06. The maximum absolute atomic E-state index is 12.3. The fraction of sp³-hybridized carbons (Fsp3) is 0.316. The van der Waals surface area contributed by atoms with Crippen molar-refractivity contribution in [2.45, 2.75) is 6.54 Å². The van der Waals surface area contributed by atoms with Gasteiger partial charge in [0, 0.05) is 50.8 Å². The Labute approximate surface area is 152 Å². The van der Waals surface area contributed by atoms with Crippen molar-refractivity contribution in [3.63, 3.8) is 0 Å². The number of carbonyl (C=O) groups excluding carboxylic acids is 2. The van der Waals surface area contributed by atoms with Crippen LogP contribution in [0.2, 0.25) is 0 Å². The molecule has 1 fully saturated rings. The van der Waals surface area contributed by atoms with Crippen LogP contribution in [0.5, 0.6) is 5.75 Å². The van der Waals surface area contributed by atoms with Crippen LogP contribution in [0.1, 0.15) is 5.56 Å². The van der Waals surface area contributed by atoms with E-state index in [0.717, 1.165) is 17.0 Å². The summed E-state index contributed by atoms with van der Waals surface area (Å²) in [4.78, 5) is 32.2. The van der Waals surface area contributed by atoms with E-state index in [1.165, 1.54) is 0 Å². The number of hydrogen-bond donors (Lipinski definition) is 1. The fourth-order valence-corrected chi connectivity index (χ4v) is 2.87. The van der Waals surface area contributed by atoms with E-state index in [-0.39, 0.29) is 0 Å². The molecule has 0 aliphatic carbocycles. The van der Waals surface area contributed by atoms with E-state index < -0.39 is 11.8 Å². The van der Waals surface area contributed by atoms with Gasteiger partial charge in [-0.25, -0.2) is 0 Å². The van der Waals surface area contributed by atoms with Gasteiger partial charge in [-0.05, 0) is 35.9 Å². The van der Waals surface area contributed by atoms with Crippen LogP contribution in [0.3, 0.4) is 0 Å². The molecule has 1 aliphatic heterocycles. The Balaban J connectivity index is 1.48. The second-order valence-corrected chi connectivity index (χ2v) is 6.02. The van der Waals surface area contributed by atoms with E-state index in [1.54, 1.807) is 30.5 Å². The van der Waals surface area contributed by atoms with Gasteiger partial charge < -0.3 is 19.9 Å². The largest absolute Gasteiger partial charge is 0.497 e. The number of piperazine rings is 1. The van der Waals surface area contributed by atoms with Crippen LogP contribution >= 0.6 is 0 Å². The molecule has 1 aromatic heterocycles. The zero-order valence-corrected chi connectivity index (χ0v) is 14.7. The normalized spacial score (nSPS) is 14.0. The molecule has 7 heteroatoms. The molecule has 0 atom stereocenters. The van der Waals surface area contributed by atoms with Gasteiger partial charge in [-0.1, -0.05) is 6.07 Å². The summed E-state index contributed by atoms with van der Waals surface area (Å²) >= 11 is 0. The monoisotopic (exact) mass is 354 g/mol. The lowest BCUT2D eigenvalue weighted by molar-refractivity contribution is -0.146. The number of amides is 2.